The van der Waals surface area contributed by atoms with Gasteiger partial charge in [-0.2, -0.15) is 0 Å². The van der Waals surface area contributed by atoms with E-state index >= 15 is 0 Å². The molecule has 0 amide bonds. The van der Waals surface area contributed by atoms with Crippen LogP contribution in [0.1, 0.15) is 58.3 Å². The number of carbonyl (C=O) groups is 2. The van der Waals surface area contributed by atoms with E-state index in [0.717, 1.165) is 51.2 Å². The molecule has 1 rings (SSSR count). The zero-order chi connectivity index (χ0) is 11.8. The Morgan fingerprint density at radius 1 is 1.38 bits per heavy atom. The molecule has 0 aromatic rings. The SMILES string of the molecule is CCCCC(=O)OC1CCCCC(C=O)C1. The Kier molecular flexibility index (Phi) is 6.12. The van der Waals surface area contributed by atoms with Crippen LogP contribution in [0.25, 0.3) is 0 Å². The van der Waals surface area contributed by atoms with Crippen LogP contribution in [0, 0.1) is 5.92 Å². The van der Waals surface area contributed by atoms with Crippen molar-refractivity contribution in [3.63, 3.8) is 0 Å². The summed E-state index contributed by atoms with van der Waals surface area (Å²) in [4.78, 5) is 22.2. The highest BCUT2D eigenvalue weighted by Crippen LogP contribution is 2.24. The van der Waals surface area contributed by atoms with Gasteiger partial charge >= 0.3 is 5.97 Å². The second kappa shape index (κ2) is 7.42. The zero-order valence-electron chi connectivity index (χ0n) is 10.1. The molecule has 0 saturated heterocycles. The van der Waals surface area contributed by atoms with Gasteiger partial charge < -0.3 is 9.53 Å². The van der Waals surface area contributed by atoms with Crippen LogP contribution >= 0.6 is 0 Å². The molecule has 1 fully saturated rings. The van der Waals surface area contributed by atoms with Gasteiger partial charge in [0.2, 0.25) is 0 Å². The third-order valence-corrected chi connectivity index (χ3v) is 3.14. The second-order valence-electron chi connectivity index (χ2n) is 4.63. The largest absolute Gasteiger partial charge is 0.462 e. The van der Waals surface area contributed by atoms with Crippen molar-refractivity contribution in [3.05, 3.63) is 0 Å². The molecule has 2 atom stereocenters. The van der Waals surface area contributed by atoms with E-state index in [0.29, 0.717) is 6.42 Å². The smallest absolute Gasteiger partial charge is 0.306 e. The minimum absolute atomic E-state index is 0.0259. The average Bonchev–Trinajstić information content (AvgIpc) is 2.51. The molecule has 1 aliphatic rings. The lowest BCUT2D eigenvalue weighted by molar-refractivity contribution is -0.150. The Morgan fingerprint density at radius 2 is 2.12 bits per heavy atom. The molecule has 92 valence electrons. The molecule has 0 aliphatic heterocycles. The van der Waals surface area contributed by atoms with Crippen LogP contribution in [-0.2, 0) is 14.3 Å². The van der Waals surface area contributed by atoms with E-state index < -0.39 is 0 Å². The summed E-state index contributed by atoms with van der Waals surface area (Å²) in [5.41, 5.74) is 0. The van der Waals surface area contributed by atoms with Crippen LogP contribution in [0.5, 0.6) is 0 Å². The molecule has 3 nitrogen and oxygen atoms in total. The molecule has 0 bridgehead atoms. The number of ether oxygens (including phenoxy) is 1. The number of hydrogen-bond acceptors (Lipinski definition) is 3. The van der Waals surface area contributed by atoms with Crippen molar-refractivity contribution in [1.82, 2.24) is 0 Å². The number of esters is 1. The summed E-state index contributed by atoms with van der Waals surface area (Å²) in [5.74, 6) is -0.00938. The molecule has 0 radical (unpaired) electrons. The van der Waals surface area contributed by atoms with Crippen molar-refractivity contribution < 1.29 is 14.3 Å². The van der Waals surface area contributed by atoms with Crippen molar-refractivity contribution in [2.24, 2.45) is 5.92 Å². The molecular formula is C13H22O3. The van der Waals surface area contributed by atoms with Crippen molar-refractivity contribution in [3.8, 4) is 0 Å². The lowest BCUT2D eigenvalue weighted by Crippen LogP contribution is -2.20. The predicted octanol–water partition coefficient (Wildman–Crippen LogP) is 2.87. The van der Waals surface area contributed by atoms with E-state index in [1.54, 1.807) is 0 Å². The highest BCUT2D eigenvalue weighted by molar-refractivity contribution is 5.69. The second-order valence-corrected chi connectivity index (χ2v) is 4.63. The molecular weight excluding hydrogens is 204 g/mol. The van der Waals surface area contributed by atoms with Crippen molar-refractivity contribution >= 4 is 12.3 Å². The van der Waals surface area contributed by atoms with Crippen LogP contribution in [0.2, 0.25) is 0 Å². The van der Waals surface area contributed by atoms with Gasteiger partial charge in [0.1, 0.15) is 12.4 Å². The van der Waals surface area contributed by atoms with Crippen molar-refractivity contribution in [2.75, 3.05) is 0 Å². The summed E-state index contributed by atoms with van der Waals surface area (Å²) in [6.45, 7) is 2.06. The summed E-state index contributed by atoms with van der Waals surface area (Å²) in [6, 6.07) is 0. The van der Waals surface area contributed by atoms with E-state index in [4.69, 9.17) is 4.74 Å². The lowest BCUT2D eigenvalue weighted by atomic mass is 10.0. The molecule has 0 N–H and O–H groups in total. The normalized spacial score (nSPS) is 25.8. The minimum Gasteiger partial charge on any atom is -0.462 e. The maximum atomic E-state index is 11.5. The van der Waals surface area contributed by atoms with Crippen LogP contribution in [0.4, 0.5) is 0 Å². The van der Waals surface area contributed by atoms with Crippen molar-refractivity contribution in [2.45, 2.75) is 64.4 Å². The maximum absolute atomic E-state index is 11.5. The van der Waals surface area contributed by atoms with Crippen molar-refractivity contribution in [1.29, 1.82) is 0 Å². The van der Waals surface area contributed by atoms with E-state index in [1.165, 1.54) is 0 Å². The van der Waals surface area contributed by atoms with Gasteiger partial charge in [-0.25, -0.2) is 0 Å². The number of rotatable bonds is 5. The minimum atomic E-state index is -0.0987. The third kappa shape index (κ3) is 4.77. The summed E-state index contributed by atoms with van der Waals surface area (Å²) in [5, 5.41) is 0. The van der Waals surface area contributed by atoms with Gasteiger partial charge in [-0.05, 0) is 32.1 Å². The standard InChI is InChI=1S/C13H22O3/c1-2-3-8-13(15)16-12-7-5-4-6-11(9-12)10-14/h10-12H,2-9H2,1H3. The molecule has 0 heterocycles. The van der Waals surface area contributed by atoms with E-state index in [-0.39, 0.29) is 18.0 Å². The number of unbranched alkanes of at least 4 members (excludes halogenated alkanes) is 1. The molecule has 2 unspecified atom stereocenters. The van der Waals surface area contributed by atoms with Gasteiger partial charge in [0.15, 0.2) is 0 Å². The first-order chi connectivity index (χ1) is 7.76. The van der Waals surface area contributed by atoms with Gasteiger partial charge in [-0.1, -0.05) is 19.8 Å². The van der Waals surface area contributed by atoms with Crippen LogP contribution in [-0.4, -0.2) is 18.4 Å². The monoisotopic (exact) mass is 226 g/mol. The fourth-order valence-corrected chi connectivity index (χ4v) is 2.15. The molecule has 1 saturated carbocycles. The average molecular weight is 226 g/mol. The number of hydrogen-bond donors (Lipinski definition) is 0. The summed E-state index contributed by atoms with van der Waals surface area (Å²) >= 11 is 0. The van der Waals surface area contributed by atoms with Crippen LogP contribution in [0.3, 0.4) is 0 Å². The first-order valence-electron chi connectivity index (χ1n) is 6.41. The summed E-state index contributed by atoms with van der Waals surface area (Å²) in [6.07, 6.45) is 8.14. The molecule has 16 heavy (non-hydrogen) atoms. The third-order valence-electron chi connectivity index (χ3n) is 3.14. The molecule has 0 aromatic carbocycles. The quantitative estimate of drug-likeness (QED) is 0.411. The fourth-order valence-electron chi connectivity index (χ4n) is 2.15. The van der Waals surface area contributed by atoms with Crippen LogP contribution < -0.4 is 0 Å². The Hall–Kier alpha value is -0.860. The van der Waals surface area contributed by atoms with Gasteiger partial charge in [-0.15, -0.1) is 0 Å². The highest BCUT2D eigenvalue weighted by Gasteiger charge is 2.22. The maximum Gasteiger partial charge on any atom is 0.306 e. The Bertz CT molecular complexity index is 225. The first-order valence-corrected chi connectivity index (χ1v) is 6.41. The van der Waals surface area contributed by atoms with Gasteiger partial charge in [0.25, 0.3) is 0 Å². The van der Waals surface area contributed by atoms with E-state index in [2.05, 4.69) is 6.92 Å². The fraction of sp³-hybridized carbons (Fsp3) is 0.846. The Labute approximate surface area is 97.5 Å². The Morgan fingerprint density at radius 3 is 2.81 bits per heavy atom. The van der Waals surface area contributed by atoms with Gasteiger partial charge in [0, 0.05) is 12.3 Å². The predicted molar refractivity (Wildman–Crippen MR) is 62.0 cm³/mol. The van der Waals surface area contributed by atoms with Gasteiger partial charge in [-0.3, -0.25) is 4.79 Å². The summed E-state index contributed by atoms with van der Waals surface area (Å²) < 4.78 is 5.41. The summed E-state index contributed by atoms with van der Waals surface area (Å²) in [7, 11) is 0. The topological polar surface area (TPSA) is 43.4 Å². The van der Waals surface area contributed by atoms with Crippen LogP contribution in [0.15, 0.2) is 0 Å². The van der Waals surface area contributed by atoms with E-state index in [1.807, 2.05) is 0 Å². The molecule has 3 heteroatoms. The van der Waals surface area contributed by atoms with E-state index in [9.17, 15) is 9.59 Å². The zero-order valence-corrected chi connectivity index (χ0v) is 10.1. The first kappa shape index (κ1) is 13.2. The highest BCUT2D eigenvalue weighted by atomic mass is 16.5. The Balaban J connectivity index is 2.33. The lowest BCUT2D eigenvalue weighted by Gasteiger charge is -2.17. The molecule has 0 aromatic heterocycles. The number of carbonyl (C=O) groups excluding carboxylic acids is 2. The van der Waals surface area contributed by atoms with Gasteiger partial charge in [0.05, 0.1) is 0 Å². The number of aldehydes is 1. The molecule has 1 aliphatic carbocycles. The molecule has 0 spiro atoms.